The Morgan fingerprint density at radius 1 is 0.857 bits per heavy atom. The van der Waals surface area contributed by atoms with E-state index in [0.29, 0.717) is 32.3 Å². The number of Topliss-reactive ketones (excluding diaryl/α,β-unsaturated/α-hetero) is 1. The van der Waals surface area contributed by atoms with E-state index in [0.717, 1.165) is 0 Å². The van der Waals surface area contributed by atoms with Gasteiger partial charge in [-0.3, -0.25) is 14.2 Å². The standard InChI is InChI=1S/C22H15ClN2O2S/c23-17-12-10-16(11-13-17)21(27)25-19-9-5-4-8-18(19)24-22(25)28-14-20(26)15-6-2-1-3-7-15/h1-13H,14H2. The van der Waals surface area contributed by atoms with E-state index in [1.807, 2.05) is 42.5 Å². The third-order valence-electron chi connectivity index (χ3n) is 4.25. The summed E-state index contributed by atoms with van der Waals surface area (Å²) in [5, 5.41) is 1.06. The highest BCUT2D eigenvalue weighted by molar-refractivity contribution is 7.99. The van der Waals surface area contributed by atoms with Crippen LogP contribution in [0.15, 0.2) is 84.0 Å². The van der Waals surface area contributed by atoms with Crippen LogP contribution in [0.5, 0.6) is 0 Å². The van der Waals surface area contributed by atoms with Crippen molar-refractivity contribution in [3.05, 3.63) is 95.0 Å². The SMILES string of the molecule is O=C(CSc1nc2ccccc2n1C(=O)c1ccc(Cl)cc1)c1ccccc1. The lowest BCUT2D eigenvalue weighted by Crippen LogP contribution is -2.14. The van der Waals surface area contributed by atoms with Gasteiger partial charge in [0.2, 0.25) is 0 Å². The normalized spacial score (nSPS) is 10.9. The summed E-state index contributed by atoms with van der Waals surface area (Å²) in [6.07, 6.45) is 0. The highest BCUT2D eigenvalue weighted by Crippen LogP contribution is 2.26. The number of hydrogen-bond donors (Lipinski definition) is 0. The molecule has 0 saturated carbocycles. The predicted octanol–water partition coefficient (Wildman–Crippen LogP) is 5.35. The zero-order chi connectivity index (χ0) is 19.5. The number of aromatic nitrogens is 2. The minimum absolute atomic E-state index is 0.0110. The molecule has 4 rings (SSSR count). The van der Waals surface area contributed by atoms with Crippen molar-refractivity contribution >= 4 is 46.1 Å². The van der Waals surface area contributed by atoms with Crippen LogP contribution in [-0.2, 0) is 0 Å². The average Bonchev–Trinajstić information content (AvgIpc) is 3.11. The fourth-order valence-electron chi connectivity index (χ4n) is 2.86. The number of thioether (sulfide) groups is 1. The number of carbonyl (C=O) groups is 2. The summed E-state index contributed by atoms with van der Waals surface area (Å²) in [5.41, 5.74) is 2.56. The number of benzene rings is 3. The van der Waals surface area contributed by atoms with Gasteiger partial charge in [0, 0.05) is 16.1 Å². The molecule has 1 aromatic heterocycles. The van der Waals surface area contributed by atoms with Gasteiger partial charge in [0.25, 0.3) is 5.91 Å². The Morgan fingerprint density at radius 2 is 1.54 bits per heavy atom. The smallest absolute Gasteiger partial charge is 0.264 e. The number of imidazole rings is 1. The topological polar surface area (TPSA) is 52.0 Å². The summed E-state index contributed by atoms with van der Waals surface area (Å²) in [5.74, 6) is -0.0236. The Hall–Kier alpha value is -2.89. The van der Waals surface area contributed by atoms with Crippen LogP contribution in [0, 0.1) is 0 Å². The second kappa shape index (κ2) is 8.00. The number of para-hydroxylation sites is 2. The minimum atomic E-state index is -0.208. The highest BCUT2D eigenvalue weighted by Gasteiger charge is 2.19. The van der Waals surface area contributed by atoms with E-state index in [1.54, 1.807) is 41.0 Å². The molecular weight excluding hydrogens is 392 g/mol. The number of fused-ring (bicyclic) bond motifs is 1. The lowest BCUT2D eigenvalue weighted by Gasteiger charge is -2.08. The first kappa shape index (κ1) is 18.5. The molecule has 4 nitrogen and oxygen atoms in total. The maximum Gasteiger partial charge on any atom is 0.264 e. The average molecular weight is 407 g/mol. The molecule has 0 aliphatic carbocycles. The van der Waals surface area contributed by atoms with Gasteiger partial charge >= 0.3 is 0 Å². The van der Waals surface area contributed by atoms with Crippen molar-refractivity contribution < 1.29 is 9.59 Å². The molecule has 0 saturated heterocycles. The summed E-state index contributed by atoms with van der Waals surface area (Å²) < 4.78 is 1.56. The number of nitrogens with zero attached hydrogens (tertiary/aromatic N) is 2. The first-order chi connectivity index (χ1) is 13.6. The zero-order valence-corrected chi connectivity index (χ0v) is 16.3. The van der Waals surface area contributed by atoms with E-state index in [4.69, 9.17) is 11.6 Å². The largest absolute Gasteiger partial charge is 0.293 e. The molecule has 0 unspecified atom stereocenters. The van der Waals surface area contributed by atoms with Crippen molar-refractivity contribution in [2.24, 2.45) is 0 Å². The van der Waals surface area contributed by atoms with Gasteiger partial charge in [0.1, 0.15) is 0 Å². The fraction of sp³-hybridized carbons (Fsp3) is 0.0455. The third-order valence-corrected chi connectivity index (χ3v) is 5.44. The van der Waals surface area contributed by atoms with Gasteiger partial charge in [-0.05, 0) is 36.4 Å². The minimum Gasteiger partial charge on any atom is -0.293 e. The highest BCUT2D eigenvalue weighted by atomic mass is 35.5. The van der Waals surface area contributed by atoms with Crippen molar-refractivity contribution in [3.8, 4) is 0 Å². The molecule has 1 heterocycles. The van der Waals surface area contributed by atoms with E-state index in [1.165, 1.54) is 11.8 Å². The van der Waals surface area contributed by atoms with Crippen LogP contribution in [0.4, 0.5) is 0 Å². The number of carbonyl (C=O) groups excluding carboxylic acids is 2. The van der Waals surface area contributed by atoms with E-state index in [-0.39, 0.29) is 17.4 Å². The van der Waals surface area contributed by atoms with Gasteiger partial charge in [0.05, 0.1) is 16.8 Å². The number of hydrogen-bond acceptors (Lipinski definition) is 4. The summed E-state index contributed by atoms with van der Waals surface area (Å²) in [7, 11) is 0. The molecule has 6 heteroatoms. The van der Waals surface area contributed by atoms with Crippen molar-refractivity contribution in [1.29, 1.82) is 0 Å². The quantitative estimate of drug-likeness (QED) is 0.331. The Bertz CT molecular complexity index is 1150. The van der Waals surface area contributed by atoms with E-state index in [9.17, 15) is 9.59 Å². The van der Waals surface area contributed by atoms with Crippen LogP contribution < -0.4 is 0 Å². The second-order valence-electron chi connectivity index (χ2n) is 6.11. The van der Waals surface area contributed by atoms with Gasteiger partial charge in [0.15, 0.2) is 10.9 Å². The monoisotopic (exact) mass is 406 g/mol. The van der Waals surface area contributed by atoms with E-state index >= 15 is 0 Å². The van der Waals surface area contributed by atoms with Gasteiger partial charge in [-0.15, -0.1) is 0 Å². The predicted molar refractivity (Wildman–Crippen MR) is 112 cm³/mol. The molecule has 28 heavy (non-hydrogen) atoms. The van der Waals surface area contributed by atoms with E-state index < -0.39 is 0 Å². The van der Waals surface area contributed by atoms with Crippen LogP contribution in [0.2, 0.25) is 5.02 Å². The lowest BCUT2D eigenvalue weighted by molar-refractivity contribution is 0.0953. The molecule has 3 aromatic carbocycles. The number of halogens is 1. The summed E-state index contributed by atoms with van der Waals surface area (Å²) >= 11 is 7.20. The molecule has 0 fully saturated rings. The third kappa shape index (κ3) is 3.72. The van der Waals surface area contributed by atoms with E-state index in [2.05, 4.69) is 4.98 Å². The molecule has 4 aromatic rings. The van der Waals surface area contributed by atoms with Crippen LogP contribution in [0.1, 0.15) is 20.7 Å². The maximum absolute atomic E-state index is 13.1. The maximum atomic E-state index is 13.1. The van der Waals surface area contributed by atoms with Crippen LogP contribution in [0.25, 0.3) is 11.0 Å². The number of rotatable bonds is 5. The van der Waals surface area contributed by atoms with Gasteiger partial charge in [-0.1, -0.05) is 65.8 Å². The molecule has 0 aliphatic heterocycles. The van der Waals surface area contributed by atoms with Crippen LogP contribution >= 0.6 is 23.4 Å². The summed E-state index contributed by atoms with van der Waals surface area (Å²) in [6.45, 7) is 0. The van der Waals surface area contributed by atoms with Crippen molar-refractivity contribution in [3.63, 3.8) is 0 Å². The molecule has 138 valence electrons. The molecular formula is C22H15ClN2O2S. The molecule has 0 spiro atoms. The molecule has 0 radical (unpaired) electrons. The molecule has 0 amide bonds. The molecule has 0 aliphatic rings. The molecule has 0 N–H and O–H groups in total. The fourth-order valence-corrected chi connectivity index (χ4v) is 3.88. The van der Waals surface area contributed by atoms with Crippen molar-refractivity contribution in [2.75, 3.05) is 5.75 Å². The van der Waals surface area contributed by atoms with Gasteiger partial charge in [-0.25, -0.2) is 4.98 Å². The van der Waals surface area contributed by atoms with Gasteiger partial charge in [-0.2, -0.15) is 0 Å². The lowest BCUT2D eigenvalue weighted by atomic mass is 10.2. The summed E-state index contributed by atoms with van der Waals surface area (Å²) in [4.78, 5) is 30.2. The number of ketones is 1. The Labute approximate surface area is 171 Å². The Morgan fingerprint density at radius 3 is 2.29 bits per heavy atom. The van der Waals surface area contributed by atoms with Crippen molar-refractivity contribution in [2.45, 2.75) is 5.16 Å². The van der Waals surface area contributed by atoms with Crippen LogP contribution in [0.3, 0.4) is 0 Å². The Kier molecular flexibility index (Phi) is 5.28. The molecule has 0 atom stereocenters. The van der Waals surface area contributed by atoms with Crippen molar-refractivity contribution in [1.82, 2.24) is 9.55 Å². The zero-order valence-electron chi connectivity index (χ0n) is 14.7. The summed E-state index contributed by atoms with van der Waals surface area (Å²) in [6, 6.07) is 23.3. The van der Waals surface area contributed by atoms with Gasteiger partial charge < -0.3 is 0 Å². The first-order valence-corrected chi connectivity index (χ1v) is 9.98. The van der Waals surface area contributed by atoms with Crippen LogP contribution in [-0.4, -0.2) is 27.0 Å². The first-order valence-electron chi connectivity index (χ1n) is 8.62. The Balaban J connectivity index is 1.68. The second-order valence-corrected chi connectivity index (χ2v) is 7.49. The molecule has 0 bridgehead atoms.